The van der Waals surface area contributed by atoms with Crippen molar-refractivity contribution in [1.29, 1.82) is 0 Å². The minimum Gasteiger partial charge on any atom is -0.321 e. The summed E-state index contributed by atoms with van der Waals surface area (Å²) in [5, 5.41) is 2.77. The SMILES string of the molecule is Cc1ccc(NC(=O)c2ccc(S(=O)(=O)c3ccc(C)cc3)s2)cc1. The van der Waals surface area contributed by atoms with Crippen LogP contribution in [0.4, 0.5) is 5.69 Å². The molecule has 4 nitrogen and oxygen atoms in total. The van der Waals surface area contributed by atoms with E-state index in [-0.39, 0.29) is 15.0 Å². The number of hydrogen-bond donors (Lipinski definition) is 1. The summed E-state index contributed by atoms with van der Waals surface area (Å²) in [4.78, 5) is 12.9. The zero-order valence-electron chi connectivity index (χ0n) is 13.8. The molecule has 0 radical (unpaired) electrons. The van der Waals surface area contributed by atoms with E-state index in [1.54, 1.807) is 24.3 Å². The van der Waals surface area contributed by atoms with Gasteiger partial charge in [-0.1, -0.05) is 35.4 Å². The number of carbonyl (C=O) groups excluding carboxylic acids is 1. The van der Waals surface area contributed by atoms with Crippen molar-refractivity contribution < 1.29 is 13.2 Å². The molecule has 0 spiro atoms. The van der Waals surface area contributed by atoms with Crippen LogP contribution in [0.2, 0.25) is 0 Å². The van der Waals surface area contributed by atoms with Crippen LogP contribution in [0, 0.1) is 13.8 Å². The van der Waals surface area contributed by atoms with Crippen molar-refractivity contribution in [2.24, 2.45) is 0 Å². The lowest BCUT2D eigenvalue weighted by Gasteiger charge is -2.04. The number of nitrogens with one attached hydrogen (secondary N) is 1. The minimum atomic E-state index is -3.61. The molecule has 3 aromatic rings. The highest BCUT2D eigenvalue weighted by atomic mass is 32.2. The number of hydrogen-bond acceptors (Lipinski definition) is 4. The average molecular weight is 371 g/mol. The molecule has 1 aromatic heterocycles. The van der Waals surface area contributed by atoms with E-state index in [4.69, 9.17) is 0 Å². The Morgan fingerprint density at radius 3 is 2.00 bits per heavy atom. The molecular weight excluding hydrogens is 354 g/mol. The smallest absolute Gasteiger partial charge is 0.265 e. The lowest BCUT2D eigenvalue weighted by atomic mass is 10.2. The van der Waals surface area contributed by atoms with Gasteiger partial charge in [0.2, 0.25) is 9.84 Å². The Morgan fingerprint density at radius 2 is 1.40 bits per heavy atom. The molecule has 0 aliphatic carbocycles. The fourth-order valence-electron chi connectivity index (χ4n) is 2.25. The second-order valence-electron chi connectivity index (χ2n) is 5.76. The molecule has 0 saturated carbocycles. The summed E-state index contributed by atoms with van der Waals surface area (Å²) < 4.78 is 25.5. The van der Waals surface area contributed by atoms with Crippen LogP contribution in [0.25, 0.3) is 0 Å². The van der Waals surface area contributed by atoms with Crippen LogP contribution in [0.3, 0.4) is 0 Å². The monoisotopic (exact) mass is 371 g/mol. The van der Waals surface area contributed by atoms with Gasteiger partial charge in [0.15, 0.2) is 0 Å². The first kappa shape index (κ1) is 17.4. The summed E-state index contributed by atoms with van der Waals surface area (Å²) in [7, 11) is -3.61. The topological polar surface area (TPSA) is 63.2 Å². The van der Waals surface area contributed by atoms with Gasteiger partial charge < -0.3 is 5.32 Å². The zero-order chi connectivity index (χ0) is 18.0. The van der Waals surface area contributed by atoms with Gasteiger partial charge >= 0.3 is 0 Å². The summed E-state index contributed by atoms with van der Waals surface area (Å²) in [6.07, 6.45) is 0. The Morgan fingerprint density at radius 1 is 0.840 bits per heavy atom. The second kappa shape index (κ2) is 6.82. The Hall–Kier alpha value is -2.44. The number of anilines is 1. The highest BCUT2D eigenvalue weighted by Gasteiger charge is 2.21. The predicted octanol–water partition coefficient (Wildman–Crippen LogP) is 4.45. The summed E-state index contributed by atoms with van der Waals surface area (Å²) in [6.45, 7) is 3.86. The highest BCUT2D eigenvalue weighted by molar-refractivity contribution is 7.93. The molecule has 0 fully saturated rings. The Kier molecular flexibility index (Phi) is 4.74. The highest BCUT2D eigenvalue weighted by Crippen LogP contribution is 2.28. The van der Waals surface area contributed by atoms with Gasteiger partial charge in [0.25, 0.3) is 5.91 Å². The normalized spacial score (nSPS) is 11.3. The van der Waals surface area contributed by atoms with E-state index >= 15 is 0 Å². The molecule has 1 N–H and O–H groups in total. The number of sulfone groups is 1. The molecule has 128 valence electrons. The predicted molar refractivity (Wildman–Crippen MR) is 100 cm³/mol. The summed E-state index contributed by atoms with van der Waals surface area (Å²) in [6, 6.07) is 17.1. The lowest BCUT2D eigenvalue weighted by molar-refractivity contribution is 0.103. The van der Waals surface area contributed by atoms with Gasteiger partial charge in [-0.15, -0.1) is 11.3 Å². The molecule has 0 aliphatic rings. The molecular formula is C19H17NO3S2. The van der Waals surface area contributed by atoms with Gasteiger partial charge in [-0.3, -0.25) is 4.79 Å². The molecule has 0 aliphatic heterocycles. The van der Waals surface area contributed by atoms with Gasteiger partial charge in [-0.2, -0.15) is 0 Å². The molecule has 25 heavy (non-hydrogen) atoms. The van der Waals surface area contributed by atoms with Crippen LogP contribution in [0.5, 0.6) is 0 Å². The Labute approximate surface area is 151 Å². The molecule has 1 amide bonds. The van der Waals surface area contributed by atoms with Crippen LogP contribution in [-0.4, -0.2) is 14.3 Å². The van der Waals surface area contributed by atoms with Gasteiger partial charge in [-0.25, -0.2) is 8.42 Å². The van der Waals surface area contributed by atoms with Crippen molar-refractivity contribution >= 4 is 32.8 Å². The van der Waals surface area contributed by atoms with Crippen LogP contribution >= 0.6 is 11.3 Å². The summed E-state index contributed by atoms with van der Waals surface area (Å²) in [5.41, 5.74) is 2.76. The van der Waals surface area contributed by atoms with E-state index in [0.29, 0.717) is 10.6 Å². The fourth-order valence-corrected chi connectivity index (χ4v) is 4.85. The van der Waals surface area contributed by atoms with Crippen molar-refractivity contribution in [2.75, 3.05) is 5.32 Å². The first-order valence-corrected chi connectivity index (χ1v) is 9.96. The van der Waals surface area contributed by atoms with Crippen LogP contribution in [-0.2, 0) is 9.84 Å². The molecule has 0 unspecified atom stereocenters. The van der Waals surface area contributed by atoms with Crippen molar-refractivity contribution in [2.45, 2.75) is 23.0 Å². The van der Waals surface area contributed by atoms with Gasteiger partial charge in [0.1, 0.15) is 4.21 Å². The van der Waals surface area contributed by atoms with Crippen molar-refractivity contribution in [3.63, 3.8) is 0 Å². The number of aryl methyl sites for hydroxylation is 2. The standard InChI is InChI=1S/C19H17NO3S2/c1-13-3-7-15(8-4-13)20-19(21)17-11-12-18(24-17)25(22,23)16-9-5-14(2)6-10-16/h3-12H,1-2H3,(H,20,21). The molecule has 0 bridgehead atoms. The van der Waals surface area contributed by atoms with Gasteiger partial charge in [0.05, 0.1) is 9.77 Å². The maximum absolute atomic E-state index is 12.7. The van der Waals surface area contributed by atoms with E-state index in [9.17, 15) is 13.2 Å². The average Bonchev–Trinajstić information content (AvgIpc) is 3.08. The summed E-state index contributed by atoms with van der Waals surface area (Å²) in [5.74, 6) is -0.320. The van der Waals surface area contributed by atoms with Crippen molar-refractivity contribution in [3.05, 3.63) is 76.7 Å². The number of rotatable bonds is 4. The third-order valence-electron chi connectivity index (χ3n) is 3.71. The second-order valence-corrected chi connectivity index (χ2v) is 9.02. The molecule has 1 heterocycles. The molecule has 6 heteroatoms. The van der Waals surface area contributed by atoms with Crippen molar-refractivity contribution in [3.8, 4) is 0 Å². The lowest BCUT2D eigenvalue weighted by Crippen LogP contribution is -2.09. The molecule has 0 atom stereocenters. The Bertz CT molecular complexity index is 1000. The van der Waals surface area contributed by atoms with E-state index in [1.807, 2.05) is 38.1 Å². The quantitative estimate of drug-likeness (QED) is 0.737. The van der Waals surface area contributed by atoms with E-state index in [1.165, 1.54) is 12.1 Å². The van der Waals surface area contributed by atoms with E-state index in [0.717, 1.165) is 22.5 Å². The number of amides is 1. The number of benzene rings is 2. The maximum atomic E-state index is 12.7. The molecule has 3 rings (SSSR count). The third-order valence-corrected chi connectivity index (χ3v) is 7.06. The summed E-state index contributed by atoms with van der Waals surface area (Å²) >= 11 is 0.969. The van der Waals surface area contributed by atoms with Crippen LogP contribution < -0.4 is 5.32 Å². The third kappa shape index (κ3) is 3.81. The maximum Gasteiger partial charge on any atom is 0.265 e. The first-order valence-electron chi connectivity index (χ1n) is 7.66. The van der Waals surface area contributed by atoms with Crippen LogP contribution in [0.1, 0.15) is 20.8 Å². The first-order chi connectivity index (χ1) is 11.9. The number of thiophene rings is 1. The molecule has 0 saturated heterocycles. The number of carbonyl (C=O) groups is 1. The van der Waals surface area contributed by atoms with Gasteiger partial charge in [0, 0.05) is 5.69 Å². The largest absolute Gasteiger partial charge is 0.321 e. The molecule has 2 aromatic carbocycles. The van der Waals surface area contributed by atoms with Gasteiger partial charge in [-0.05, 0) is 50.2 Å². The van der Waals surface area contributed by atoms with Crippen molar-refractivity contribution in [1.82, 2.24) is 0 Å². The van der Waals surface area contributed by atoms with E-state index in [2.05, 4.69) is 5.32 Å². The minimum absolute atomic E-state index is 0.158. The fraction of sp³-hybridized carbons (Fsp3) is 0.105. The Balaban J connectivity index is 1.82. The van der Waals surface area contributed by atoms with E-state index < -0.39 is 9.84 Å². The van der Waals surface area contributed by atoms with Crippen LogP contribution in [0.15, 0.2) is 69.8 Å². The zero-order valence-corrected chi connectivity index (χ0v) is 15.4.